The van der Waals surface area contributed by atoms with Crippen molar-refractivity contribution in [3.05, 3.63) is 62.9 Å². The number of aromatic nitrogens is 2. The lowest BCUT2D eigenvalue weighted by Crippen LogP contribution is -2.36. The largest absolute Gasteiger partial charge is 0.466 e. The Balaban J connectivity index is 2.12. The number of rotatable bonds is 6. The molecule has 9 nitrogen and oxygen atoms in total. The van der Waals surface area contributed by atoms with Crippen molar-refractivity contribution in [1.82, 2.24) is 15.3 Å². The number of hydrogen-bond donors (Lipinski definition) is 4. The van der Waals surface area contributed by atoms with E-state index in [0.717, 1.165) is 6.20 Å². The Labute approximate surface area is 142 Å². The third kappa shape index (κ3) is 5.34. The summed E-state index contributed by atoms with van der Waals surface area (Å²) in [5.41, 5.74) is -0.831. The quantitative estimate of drug-likeness (QED) is 0.576. The predicted molar refractivity (Wildman–Crippen MR) is 90.3 cm³/mol. The van der Waals surface area contributed by atoms with Gasteiger partial charge in [0, 0.05) is 6.20 Å². The Morgan fingerprint density at radius 3 is 2.56 bits per heavy atom. The van der Waals surface area contributed by atoms with Crippen LogP contribution < -0.4 is 21.9 Å². The van der Waals surface area contributed by atoms with Crippen LogP contribution in [-0.2, 0) is 9.53 Å². The average Bonchev–Trinajstić information content (AvgIpc) is 2.58. The standard InChI is InChI=1S/C16H18N4O5/c1-2-25-13(21)8-11(10-6-4-3-5-7-10)18-16(24)19-12-9-17-15(23)20-14(12)22/h3-7,9,11H,2,8H2,1H3,(H2,18,19,24)(H2,17,20,22,23)/t11-/m1/s1. The lowest BCUT2D eigenvalue weighted by Gasteiger charge is -2.18. The van der Waals surface area contributed by atoms with Crippen LogP contribution in [0.4, 0.5) is 10.5 Å². The Morgan fingerprint density at radius 2 is 1.92 bits per heavy atom. The molecule has 2 amide bonds. The van der Waals surface area contributed by atoms with E-state index in [1.807, 2.05) is 11.1 Å². The lowest BCUT2D eigenvalue weighted by molar-refractivity contribution is -0.143. The molecule has 0 aliphatic carbocycles. The van der Waals surface area contributed by atoms with Crippen molar-refractivity contribution in [1.29, 1.82) is 0 Å². The number of nitrogens with one attached hydrogen (secondary N) is 4. The number of esters is 1. The number of ether oxygens (including phenoxy) is 1. The zero-order chi connectivity index (χ0) is 18.2. The normalized spacial score (nSPS) is 11.4. The molecule has 2 rings (SSSR count). The Hall–Kier alpha value is -3.36. The Kier molecular flexibility index (Phi) is 6.10. The molecule has 9 heteroatoms. The van der Waals surface area contributed by atoms with Crippen molar-refractivity contribution < 1.29 is 14.3 Å². The van der Waals surface area contributed by atoms with E-state index in [9.17, 15) is 19.2 Å². The molecule has 0 bridgehead atoms. The second kappa shape index (κ2) is 8.48. The summed E-state index contributed by atoms with van der Waals surface area (Å²) in [5, 5.41) is 4.94. The maximum atomic E-state index is 12.2. The van der Waals surface area contributed by atoms with Crippen molar-refractivity contribution >= 4 is 17.7 Å². The third-order valence-electron chi connectivity index (χ3n) is 3.25. The highest BCUT2D eigenvalue weighted by Gasteiger charge is 2.19. The molecular weight excluding hydrogens is 328 g/mol. The van der Waals surface area contributed by atoms with Crippen molar-refractivity contribution in [2.24, 2.45) is 0 Å². The lowest BCUT2D eigenvalue weighted by atomic mass is 10.0. The van der Waals surface area contributed by atoms with E-state index < -0.39 is 29.3 Å². The summed E-state index contributed by atoms with van der Waals surface area (Å²) in [6.45, 7) is 1.93. The molecule has 132 valence electrons. The summed E-state index contributed by atoms with van der Waals surface area (Å²) in [7, 11) is 0. The summed E-state index contributed by atoms with van der Waals surface area (Å²) in [6.07, 6.45) is 1.02. The minimum absolute atomic E-state index is 0.0622. The van der Waals surface area contributed by atoms with Gasteiger partial charge in [-0.05, 0) is 12.5 Å². The van der Waals surface area contributed by atoms with Crippen LogP contribution in [0.1, 0.15) is 24.9 Å². The van der Waals surface area contributed by atoms with Crippen LogP contribution in [0, 0.1) is 0 Å². The fourth-order valence-corrected chi connectivity index (χ4v) is 2.14. The zero-order valence-corrected chi connectivity index (χ0v) is 13.5. The van der Waals surface area contributed by atoms with Gasteiger partial charge in [0.1, 0.15) is 5.69 Å². The van der Waals surface area contributed by atoms with Crippen LogP contribution in [0.25, 0.3) is 0 Å². The first-order valence-electron chi connectivity index (χ1n) is 7.59. The van der Waals surface area contributed by atoms with E-state index in [1.54, 1.807) is 31.2 Å². The number of amides is 2. The second-order valence-corrected chi connectivity index (χ2v) is 5.06. The van der Waals surface area contributed by atoms with Gasteiger partial charge in [0.05, 0.1) is 19.1 Å². The van der Waals surface area contributed by atoms with E-state index >= 15 is 0 Å². The van der Waals surface area contributed by atoms with Crippen LogP contribution in [-0.4, -0.2) is 28.6 Å². The molecular formula is C16H18N4O5. The van der Waals surface area contributed by atoms with Gasteiger partial charge in [0.25, 0.3) is 5.56 Å². The molecule has 0 aliphatic rings. The Morgan fingerprint density at radius 1 is 1.20 bits per heavy atom. The van der Waals surface area contributed by atoms with Crippen molar-refractivity contribution in [2.45, 2.75) is 19.4 Å². The van der Waals surface area contributed by atoms with Gasteiger partial charge in [-0.2, -0.15) is 0 Å². The molecule has 1 aromatic carbocycles. The summed E-state index contributed by atoms with van der Waals surface area (Å²) in [6, 6.07) is 7.55. The molecule has 4 N–H and O–H groups in total. The molecule has 1 heterocycles. The predicted octanol–water partition coefficient (Wildman–Crippen LogP) is 0.879. The molecule has 0 radical (unpaired) electrons. The topological polar surface area (TPSA) is 133 Å². The van der Waals surface area contributed by atoms with Crippen LogP contribution >= 0.6 is 0 Å². The van der Waals surface area contributed by atoms with Crippen LogP contribution in [0.5, 0.6) is 0 Å². The van der Waals surface area contributed by atoms with Crippen molar-refractivity contribution in [3.8, 4) is 0 Å². The highest BCUT2D eigenvalue weighted by Crippen LogP contribution is 2.17. The van der Waals surface area contributed by atoms with E-state index in [4.69, 9.17) is 4.74 Å². The molecule has 0 aliphatic heterocycles. The van der Waals surface area contributed by atoms with E-state index in [-0.39, 0.29) is 18.7 Å². The zero-order valence-electron chi connectivity index (χ0n) is 13.5. The molecule has 2 aromatic rings. The molecule has 0 unspecified atom stereocenters. The highest BCUT2D eigenvalue weighted by molar-refractivity contribution is 5.89. The average molecular weight is 346 g/mol. The fourth-order valence-electron chi connectivity index (χ4n) is 2.14. The van der Waals surface area contributed by atoms with Gasteiger partial charge in [-0.15, -0.1) is 0 Å². The SMILES string of the molecule is CCOC(=O)C[C@@H](NC(=O)Nc1c[nH]c(=O)[nH]c1=O)c1ccccc1. The first-order valence-corrected chi connectivity index (χ1v) is 7.59. The number of anilines is 1. The van der Waals surface area contributed by atoms with E-state index in [0.29, 0.717) is 5.56 Å². The van der Waals surface area contributed by atoms with Crippen molar-refractivity contribution in [2.75, 3.05) is 11.9 Å². The number of H-pyrrole nitrogens is 2. The number of hydrogen-bond acceptors (Lipinski definition) is 5. The third-order valence-corrected chi connectivity index (χ3v) is 3.25. The number of benzene rings is 1. The molecule has 1 aromatic heterocycles. The molecule has 0 saturated carbocycles. The summed E-state index contributed by atoms with van der Waals surface area (Å²) in [4.78, 5) is 50.8. The summed E-state index contributed by atoms with van der Waals surface area (Å²) >= 11 is 0. The van der Waals surface area contributed by atoms with Gasteiger partial charge in [-0.3, -0.25) is 14.6 Å². The van der Waals surface area contributed by atoms with Gasteiger partial charge < -0.3 is 20.4 Å². The smallest absolute Gasteiger partial charge is 0.325 e. The molecule has 0 spiro atoms. The number of aromatic amines is 2. The highest BCUT2D eigenvalue weighted by atomic mass is 16.5. The van der Waals surface area contributed by atoms with Crippen LogP contribution in [0.3, 0.4) is 0 Å². The minimum Gasteiger partial charge on any atom is -0.466 e. The van der Waals surface area contributed by atoms with Crippen LogP contribution in [0.2, 0.25) is 0 Å². The summed E-state index contributed by atoms with van der Waals surface area (Å²) in [5.74, 6) is -0.460. The number of carbonyl (C=O) groups excluding carboxylic acids is 2. The van der Waals surface area contributed by atoms with Crippen LogP contribution in [0.15, 0.2) is 46.1 Å². The van der Waals surface area contributed by atoms with Crippen molar-refractivity contribution in [3.63, 3.8) is 0 Å². The Bertz CT molecular complexity index is 843. The van der Waals surface area contributed by atoms with Gasteiger partial charge >= 0.3 is 17.7 Å². The van der Waals surface area contributed by atoms with E-state index in [2.05, 4.69) is 15.6 Å². The number of urea groups is 1. The van der Waals surface area contributed by atoms with Gasteiger partial charge in [-0.1, -0.05) is 30.3 Å². The first kappa shape index (κ1) is 18.0. The first-order chi connectivity index (χ1) is 12.0. The maximum Gasteiger partial charge on any atom is 0.325 e. The number of carbonyl (C=O) groups is 2. The van der Waals surface area contributed by atoms with Gasteiger partial charge in [0.2, 0.25) is 0 Å². The maximum absolute atomic E-state index is 12.2. The summed E-state index contributed by atoms with van der Waals surface area (Å²) < 4.78 is 4.92. The molecule has 25 heavy (non-hydrogen) atoms. The molecule has 0 fully saturated rings. The minimum atomic E-state index is -0.736. The molecule has 1 atom stereocenters. The molecule has 0 saturated heterocycles. The monoisotopic (exact) mass is 346 g/mol. The van der Waals surface area contributed by atoms with Gasteiger partial charge in [0.15, 0.2) is 0 Å². The fraction of sp³-hybridized carbons (Fsp3) is 0.250. The van der Waals surface area contributed by atoms with Gasteiger partial charge in [-0.25, -0.2) is 9.59 Å². The second-order valence-electron chi connectivity index (χ2n) is 5.06. The van der Waals surface area contributed by atoms with E-state index in [1.165, 1.54) is 0 Å².